The Morgan fingerprint density at radius 3 is 2.61 bits per heavy atom. The zero-order chi connectivity index (χ0) is 13.4. The number of hydrogen-bond donors (Lipinski definition) is 1. The van der Waals surface area contributed by atoms with Crippen LogP contribution in [0.15, 0.2) is 24.3 Å². The summed E-state index contributed by atoms with van der Waals surface area (Å²) in [5.74, 6) is 1.15. The van der Waals surface area contributed by atoms with Gasteiger partial charge in [-0.15, -0.1) is 0 Å². The summed E-state index contributed by atoms with van der Waals surface area (Å²) in [6, 6.07) is 9.56. The topological polar surface area (TPSA) is 12.0 Å². The minimum absolute atomic E-state index is 0.485. The van der Waals surface area contributed by atoms with Crippen LogP contribution < -0.4 is 5.32 Å². The molecule has 18 heavy (non-hydrogen) atoms. The molecule has 1 atom stereocenters. The molecule has 0 radical (unpaired) electrons. The van der Waals surface area contributed by atoms with Gasteiger partial charge in [0.2, 0.25) is 0 Å². The zero-order valence-electron chi connectivity index (χ0n) is 12.2. The Kier molecular flexibility index (Phi) is 7.45. The van der Waals surface area contributed by atoms with Crippen LogP contribution in [-0.2, 0) is 6.42 Å². The van der Waals surface area contributed by atoms with Crippen molar-refractivity contribution in [3.63, 3.8) is 0 Å². The summed E-state index contributed by atoms with van der Waals surface area (Å²) in [6.45, 7) is 9.98. The van der Waals surface area contributed by atoms with Crippen molar-refractivity contribution in [2.75, 3.05) is 12.3 Å². The van der Waals surface area contributed by atoms with E-state index in [-0.39, 0.29) is 0 Å². The van der Waals surface area contributed by atoms with Gasteiger partial charge in [0.1, 0.15) is 0 Å². The Labute approximate surface area is 117 Å². The molecule has 0 heterocycles. The number of thioether (sulfide) groups is 1. The highest BCUT2D eigenvalue weighted by Gasteiger charge is 2.11. The summed E-state index contributed by atoms with van der Waals surface area (Å²) in [7, 11) is 0. The number of nitrogens with one attached hydrogen (secondary N) is 1. The van der Waals surface area contributed by atoms with Gasteiger partial charge in [-0.1, -0.05) is 58.4 Å². The van der Waals surface area contributed by atoms with Gasteiger partial charge in [0, 0.05) is 11.8 Å². The summed E-state index contributed by atoms with van der Waals surface area (Å²) in [6.07, 6.45) is 2.40. The molecule has 1 N–H and O–H groups in total. The van der Waals surface area contributed by atoms with Crippen molar-refractivity contribution in [3.05, 3.63) is 35.4 Å². The van der Waals surface area contributed by atoms with E-state index in [9.17, 15) is 0 Å². The van der Waals surface area contributed by atoms with E-state index in [0.717, 1.165) is 12.3 Å². The monoisotopic (exact) mass is 265 g/mol. The van der Waals surface area contributed by atoms with Gasteiger partial charge >= 0.3 is 0 Å². The first-order valence-electron chi connectivity index (χ1n) is 7.11. The lowest BCUT2D eigenvalue weighted by Gasteiger charge is -2.20. The van der Waals surface area contributed by atoms with Crippen molar-refractivity contribution in [1.82, 2.24) is 5.32 Å². The SMILES string of the molecule is CCCc1cccc(C(CSC(C)C)NCC)c1. The maximum Gasteiger partial charge on any atom is 0.0411 e. The van der Waals surface area contributed by atoms with E-state index < -0.39 is 0 Å². The molecule has 1 unspecified atom stereocenters. The Morgan fingerprint density at radius 2 is 2.00 bits per heavy atom. The fourth-order valence-electron chi connectivity index (χ4n) is 2.06. The van der Waals surface area contributed by atoms with E-state index in [1.165, 1.54) is 24.0 Å². The van der Waals surface area contributed by atoms with E-state index in [4.69, 9.17) is 0 Å². The smallest absolute Gasteiger partial charge is 0.0411 e. The summed E-state index contributed by atoms with van der Waals surface area (Å²) in [5.41, 5.74) is 2.91. The van der Waals surface area contributed by atoms with Crippen molar-refractivity contribution < 1.29 is 0 Å². The first-order valence-corrected chi connectivity index (χ1v) is 8.16. The standard InChI is InChI=1S/C16H27NS/c1-5-8-14-9-7-10-15(11-14)16(17-6-2)12-18-13(3)4/h7,9-11,13,16-17H,5-6,8,12H2,1-4H3. The second-order valence-electron chi connectivity index (χ2n) is 4.99. The molecule has 0 spiro atoms. The fraction of sp³-hybridized carbons (Fsp3) is 0.625. The summed E-state index contributed by atoms with van der Waals surface area (Å²) < 4.78 is 0. The molecule has 0 aliphatic heterocycles. The molecule has 0 saturated heterocycles. The molecular weight excluding hydrogens is 238 g/mol. The maximum atomic E-state index is 3.60. The molecule has 1 aromatic rings. The lowest BCUT2D eigenvalue weighted by atomic mass is 10.0. The Hall–Kier alpha value is -0.470. The van der Waals surface area contributed by atoms with Crippen molar-refractivity contribution in [3.8, 4) is 0 Å². The van der Waals surface area contributed by atoms with Crippen LogP contribution in [0.5, 0.6) is 0 Å². The minimum Gasteiger partial charge on any atom is -0.310 e. The molecule has 0 aliphatic rings. The van der Waals surface area contributed by atoms with Crippen molar-refractivity contribution in [1.29, 1.82) is 0 Å². The Morgan fingerprint density at radius 1 is 1.22 bits per heavy atom. The van der Waals surface area contributed by atoms with Crippen LogP contribution in [0, 0.1) is 0 Å². The van der Waals surface area contributed by atoms with Crippen LogP contribution in [0.25, 0.3) is 0 Å². The van der Waals surface area contributed by atoms with E-state index in [1.54, 1.807) is 0 Å². The zero-order valence-corrected chi connectivity index (χ0v) is 13.0. The highest BCUT2D eigenvalue weighted by molar-refractivity contribution is 7.99. The predicted octanol–water partition coefficient (Wildman–Crippen LogP) is 4.43. The van der Waals surface area contributed by atoms with Gasteiger partial charge in [-0.2, -0.15) is 11.8 Å². The molecule has 0 fully saturated rings. The van der Waals surface area contributed by atoms with Crippen molar-refractivity contribution in [2.24, 2.45) is 0 Å². The molecule has 0 amide bonds. The lowest BCUT2D eigenvalue weighted by Crippen LogP contribution is -2.23. The first kappa shape index (κ1) is 15.6. The predicted molar refractivity (Wildman–Crippen MR) is 84.4 cm³/mol. The molecular formula is C16H27NS. The molecule has 0 bridgehead atoms. The van der Waals surface area contributed by atoms with Crippen LogP contribution in [0.3, 0.4) is 0 Å². The van der Waals surface area contributed by atoms with E-state index in [2.05, 4.69) is 57.3 Å². The summed E-state index contributed by atoms with van der Waals surface area (Å²) in [4.78, 5) is 0. The molecule has 0 aromatic heterocycles. The third-order valence-electron chi connectivity index (χ3n) is 2.94. The first-order chi connectivity index (χ1) is 8.67. The van der Waals surface area contributed by atoms with E-state index in [1.807, 2.05) is 11.8 Å². The lowest BCUT2D eigenvalue weighted by molar-refractivity contribution is 0.604. The average molecular weight is 265 g/mol. The number of aryl methyl sites for hydroxylation is 1. The Balaban J connectivity index is 2.73. The van der Waals surface area contributed by atoms with Gasteiger partial charge in [0.15, 0.2) is 0 Å². The van der Waals surface area contributed by atoms with Crippen molar-refractivity contribution >= 4 is 11.8 Å². The van der Waals surface area contributed by atoms with Crippen LogP contribution in [0.1, 0.15) is 51.3 Å². The molecule has 1 nitrogen and oxygen atoms in total. The third kappa shape index (κ3) is 5.45. The summed E-state index contributed by atoms with van der Waals surface area (Å²) in [5, 5.41) is 4.30. The highest BCUT2D eigenvalue weighted by Crippen LogP contribution is 2.22. The van der Waals surface area contributed by atoms with Crippen LogP contribution in [0.4, 0.5) is 0 Å². The fourth-order valence-corrected chi connectivity index (χ4v) is 2.95. The molecule has 1 aromatic carbocycles. The second kappa shape index (κ2) is 8.60. The van der Waals surface area contributed by atoms with Gasteiger partial charge in [-0.3, -0.25) is 0 Å². The molecule has 1 rings (SSSR count). The van der Waals surface area contributed by atoms with Crippen LogP contribution >= 0.6 is 11.8 Å². The Bertz CT molecular complexity index is 336. The highest BCUT2D eigenvalue weighted by atomic mass is 32.2. The maximum absolute atomic E-state index is 3.60. The largest absolute Gasteiger partial charge is 0.310 e. The van der Waals surface area contributed by atoms with Gasteiger partial charge in [0.25, 0.3) is 0 Å². The van der Waals surface area contributed by atoms with E-state index >= 15 is 0 Å². The van der Waals surface area contributed by atoms with Gasteiger partial charge < -0.3 is 5.32 Å². The van der Waals surface area contributed by atoms with Gasteiger partial charge in [0.05, 0.1) is 0 Å². The quantitative estimate of drug-likeness (QED) is 0.746. The average Bonchev–Trinajstić information content (AvgIpc) is 2.35. The van der Waals surface area contributed by atoms with Crippen molar-refractivity contribution in [2.45, 2.75) is 51.8 Å². The molecule has 102 valence electrons. The normalized spacial score (nSPS) is 12.9. The van der Waals surface area contributed by atoms with Gasteiger partial charge in [-0.05, 0) is 29.3 Å². The number of hydrogen-bond acceptors (Lipinski definition) is 2. The minimum atomic E-state index is 0.485. The van der Waals surface area contributed by atoms with Crippen LogP contribution in [-0.4, -0.2) is 17.5 Å². The molecule has 0 aliphatic carbocycles. The second-order valence-corrected chi connectivity index (χ2v) is 6.60. The van der Waals surface area contributed by atoms with E-state index in [0.29, 0.717) is 11.3 Å². The van der Waals surface area contributed by atoms with Gasteiger partial charge in [-0.25, -0.2) is 0 Å². The third-order valence-corrected chi connectivity index (χ3v) is 4.13. The molecule has 2 heteroatoms. The number of rotatable bonds is 8. The molecule has 0 saturated carbocycles. The number of benzene rings is 1. The summed E-state index contributed by atoms with van der Waals surface area (Å²) >= 11 is 2.03. The van der Waals surface area contributed by atoms with Crippen LogP contribution in [0.2, 0.25) is 0 Å².